The molecule has 1 N–H and O–H groups in total. The molecule has 9 heteroatoms. The number of sulfonamides is 1. The molecule has 2 aromatic rings. The highest BCUT2D eigenvalue weighted by molar-refractivity contribution is 7.92. The maximum absolute atomic E-state index is 13.6. The van der Waals surface area contributed by atoms with Crippen LogP contribution in [0.3, 0.4) is 0 Å². The Bertz CT molecular complexity index is 1060. The number of fused-ring (bicyclic) bond motifs is 1. The Morgan fingerprint density at radius 2 is 1.88 bits per heavy atom. The van der Waals surface area contributed by atoms with Crippen molar-refractivity contribution in [2.24, 2.45) is 5.92 Å². The molecule has 0 aromatic heterocycles. The Morgan fingerprint density at radius 3 is 2.62 bits per heavy atom. The number of aliphatic hydroxyl groups excluding tert-OH is 1. The van der Waals surface area contributed by atoms with Gasteiger partial charge in [-0.3, -0.25) is 4.31 Å². The summed E-state index contributed by atoms with van der Waals surface area (Å²) in [6.45, 7) is 1.03. The Morgan fingerprint density at radius 1 is 1.12 bits per heavy atom. The molecule has 2 aliphatic rings. The molecule has 2 aliphatic heterocycles. The van der Waals surface area contributed by atoms with Crippen LogP contribution in [0.4, 0.5) is 10.5 Å². The van der Waals surface area contributed by atoms with Gasteiger partial charge in [-0.05, 0) is 67.5 Å². The van der Waals surface area contributed by atoms with Crippen molar-refractivity contribution in [3.8, 4) is 0 Å². The first-order valence-electron chi connectivity index (χ1n) is 10.8. The first kappa shape index (κ1) is 22.9. The van der Waals surface area contributed by atoms with E-state index in [4.69, 9.17) is 16.3 Å². The van der Waals surface area contributed by atoms with Crippen molar-refractivity contribution in [2.75, 3.05) is 30.6 Å². The van der Waals surface area contributed by atoms with E-state index >= 15 is 0 Å². The van der Waals surface area contributed by atoms with Crippen molar-refractivity contribution < 1.29 is 23.1 Å². The quantitative estimate of drug-likeness (QED) is 0.708. The predicted molar refractivity (Wildman–Crippen MR) is 122 cm³/mol. The van der Waals surface area contributed by atoms with Crippen LogP contribution in [0.5, 0.6) is 0 Å². The van der Waals surface area contributed by atoms with Crippen LogP contribution in [-0.4, -0.2) is 56.9 Å². The normalized spacial score (nSPS) is 21.2. The summed E-state index contributed by atoms with van der Waals surface area (Å²) < 4.78 is 34.2. The van der Waals surface area contributed by atoms with Crippen molar-refractivity contribution in [1.29, 1.82) is 0 Å². The maximum Gasteiger partial charge on any atom is 0.409 e. The van der Waals surface area contributed by atoms with E-state index in [1.165, 1.54) is 16.4 Å². The van der Waals surface area contributed by atoms with Gasteiger partial charge < -0.3 is 14.7 Å². The number of anilines is 1. The third-order valence-corrected chi connectivity index (χ3v) is 8.25. The fourth-order valence-electron chi connectivity index (χ4n) is 4.41. The third kappa shape index (κ3) is 4.72. The number of ether oxygens (including phenoxy) is 1. The van der Waals surface area contributed by atoms with Gasteiger partial charge >= 0.3 is 6.09 Å². The number of piperidine rings is 1. The van der Waals surface area contributed by atoms with Crippen molar-refractivity contribution in [1.82, 2.24) is 4.90 Å². The standard InChI is InChI=1S/C23H27ClN2O5S/c24-19-8-11-21(12-9-19)32(29,30)26-20(10-7-18-5-1-2-6-22(18)26)16-31-23(28)25-13-3-4-17(14-25)15-27/h1-2,5-6,8-9,11-12,17,20,27H,3-4,7,10,13-16H2. The molecule has 0 radical (unpaired) electrons. The average Bonchev–Trinajstić information content (AvgIpc) is 2.82. The Balaban J connectivity index is 1.57. The van der Waals surface area contributed by atoms with Crippen molar-refractivity contribution >= 4 is 33.4 Å². The molecule has 2 unspecified atom stereocenters. The average molecular weight is 479 g/mol. The van der Waals surface area contributed by atoms with Crippen LogP contribution >= 0.6 is 11.6 Å². The molecule has 32 heavy (non-hydrogen) atoms. The van der Waals surface area contributed by atoms with E-state index < -0.39 is 22.2 Å². The van der Waals surface area contributed by atoms with Gasteiger partial charge in [-0.1, -0.05) is 29.8 Å². The lowest BCUT2D eigenvalue weighted by molar-refractivity contribution is 0.0690. The number of hydrogen-bond acceptors (Lipinski definition) is 5. The number of amides is 1. The number of rotatable bonds is 5. The monoisotopic (exact) mass is 478 g/mol. The Labute approximate surface area is 193 Å². The first-order chi connectivity index (χ1) is 15.4. The van der Waals surface area contributed by atoms with Gasteiger partial charge in [-0.2, -0.15) is 0 Å². The Kier molecular flexibility index (Phi) is 6.93. The van der Waals surface area contributed by atoms with E-state index in [0.717, 1.165) is 18.4 Å². The van der Waals surface area contributed by atoms with Crippen LogP contribution in [0.25, 0.3) is 0 Å². The van der Waals surface area contributed by atoms with E-state index in [0.29, 0.717) is 36.6 Å². The summed E-state index contributed by atoms with van der Waals surface area (Å²) in [5.41, 5.74) is 1.54. The molecule has 1 fully saturated rings. The van der Waals surface area contributed by atoms with Crippen LogP contribution in [0, 0.1) is 5.92 Å². The molecule has 1 amide bonds. The minimum atomic E-state index is -3.89. The van der Waals surface area contributed by atoms with Crippen molar-refractivity contribution in [3.63, 3.8) is 0 Å². The maximum atomic E-state index is 13.6. The molecule has 4 rings (SSSR count). The minimum absolute atomic E-state index is 0.0380. The molecular formula is C23H27ClN2O5S. The summed E-state index contributed by atoms with van der Waals surface area (Å²) in [5.74, 6) is 0.0552. The second-order valence-electron chi connectivity index (χ2n) is 8.29. The summed E-state index contributed by atoms with van der Waals surface area (Å²) in [5, 5.41) is 9.86. The zero-order chi connectivity index (χ0) is 22.7. The van der Waals surface area contributed by atoms with Crippen LogP contribution in [0.1, 0.15) is 24.8 Å². The van der Waals surface area contributed by atoms with E-state index in [2.05, 4.69) is 0 Å². The molecule has 2 atom stereocenters. The molecule has 0 spiro atoms. The van der Waals surface area contributed by atoms with Gasteiger partial charge in [0.05, 0.1) is 16.6 Å². The first-order valence-corrected chi connectivity index (χ1v) is 12.6. The fraction of sp³-hybridized carbons (Fsp3) is 0.435. The number of aryl methyl sites for hydroxylation is 1. The number of hydrogen-bond donors (Lipinski definition) is 1. The molecule has 1 saturated heterocycles. The highest BCUT2D eigenvalue weighted by Crippen LogP contribution is 2.35. The van der Waals surface area contributed by atoms with Crippen LogP contribution in [0.15, 0.2) is 53.4 Å². The van der Waals surface area contributed by atoms with Gasteiger partial charge in [0.25, 0.3) is 10.0 Å². The number of carbonyl (C=O) groups excluding carboxylic acids is 1. The highest BCUT2D eigenvalue weighted by atomic mass is 35.5. The summed E-state index contributed by atoms with van der Waals surface area (Å²) >= 11 is 5.95. The lowest BCUT2D eigenvalue weighted by Gasteiger charge is -2.38. The number of para-hydroxylation sites is 1. The summed E-state index contributed by atoms with van der Waals surface area (Å²) in [6.07, 6.45) is 2.46. The molecule has 0 aliphatic carbocycles. The molecule has 0 bridgehead atoms. The largest absolute Gasteiger partial charge is 0.447 e. The SMILES string of the molecule is O=C(OCC1CCc2ccccc2N1S(=O)(=O)c1ccc(Cl)cc1)N1CCCC(CO)C1. The topological polar surface area (TPSA) is 87.2 Å². The zero-order valence-electron chi connectivity index (χ0n) is 17.7. The van der Waals surface area contributed by atoms with Gasteiger partial charge in [-0.15, -0.1) is 0 Å². The number of aliphatic hydroxyl groups is 1. The Hall–Kier alpha value is -2.29. The number of benzene rings is 2. The van der Waals surface area contributed by atoms with E-state index in [-0.39, 0.29) is 24.0 Å². The third-order valence-electron chi connectivity index (χ3n) is 6.11. The van der Waals surface area contributed by atoms with Crippen LogP contribution < -0.4 is 4.31 Å². The van der Waals surface area contributed by atoms with Crippen LogP contribution in [0.2, 0.25) is 5.02 Å². The minimum Gasteiger partial charge on any atom is -0.447 e. The molecular weight excluding hydrogens is 452 g/mol. The second kappa shape index (κ2) is 9.68. The van der Waals surface area contributed by atoms with Gasteiger partial charge in [-0.25, -0.2) is 13.2 Å². The molecule has 2 heterocycles. The molecule has 0 saturated carbocycles. The number of carbonyl (C=O) groups is 1. The van der Waals surface area contributed by atoms with Crippen molar-refractivity contribution in [3.05, 3.63) is 59.1 Å². The van der Waals surface area contributed by atoms with E-state index in [1.54, 1.807) is 29.2 Å². The lowest BCUT2D eigenvalue weighted by Crippen LogP contribution is -2.48. The summed E-state index contributed by atoms with van der Waals surface area (Å²) in [6, 6.07) is 13.0. The van der Waals surface area contributed by atoms with Gasteiger partial charge in [0.2, 0.25) is 0 Å². The second-order valence-corrected chi connectivity index (χ2v) is 10.5. The van der Waals surface area contributed by atoms with Gasteiger partial charge in [0.15, 0.2) is 0 Å². The van der Waals surface area contributed by atoms with Gasteiger partial charge in [0.1, 0.15) is 6.61 Å². The van der Waals surface area contributed by atoms with Crippen molar-refractivity contribution in [2.45, 2.75) is 36.6 Å². The summed E-state index contributed by atoms with van der Waals surface area (Å²) in [7, 11) is -3.89. The van der Waals surface area contributed by atoms with Gasteiger partial charge in [0, 0.05) is 24.7 Å². The predicted octanol–water partition coefficient (Wildman–Crippen LogP) is 3.69. The summed E-state index contributed by atoms with van der Waals surface area (Å²) in [4.78, 5) is 14.4. The van der Waals surface area contributed by atoms with E-state index in [1.807, 2.05) is 12.1 Å². The number of likely N-dealkylation sites (tertiary alicyclic amines) is 1. The smallest absolute Gasteiger partial charge is 0.409 e. The molecule has 172 valence electrons. The number of halogens is 1. The zero-order valence-corrected chi connectivity index (χ0v) is 19.3. The molecule has 7 nitrogen and oxygen atoms in total. The highest BCUT2D eigenvalue weighted by Gasteiger charge is 2.37. The fourth-order valence-corrected chi connectivity index (χ4v) is 6.24. The molecule has 2 aromatic carbocycles. The number of nitrogens with zero attached hydrogens (tertiary/aromatic N) is 2. The van der Waals surface area contributed by atoms with E-state index in [9.17, 15) is 18.3 Å². The van der Waals surface area contributed by atoms with Crippen LogP contribution in [-0.2, 0) is 21.2 Å². The lowest BCUT2D eigenvalue weighted by atomic mass is 9.98.